The van der Waals surface area contributed by atoms with Crippen LogP contribution in [0.15, 0.2) is 12.3 Å². The first-order valence-corrected chi connectivity index (χ1v) is 5.83. The van der Waals surface area contributed by atoms with Gasteiger partial charge in [-0.2, -0.15) is 0 Å². The lowest BCUT2D eigenvalue weighted by molar-refractivity contribution is 0.722. The smallest absolute Gasteiger partial charge is 0.112 e. The summed E-state index contributed by atoms with van der Waals surface area (Å²) in [6.07, 6.45) is 1.93. The molecule has 3 heteroatoms. The number of nitrogens with zero attached hydrogens (tertiary/aromatic N) is 3. The summed E-state index contributed by atoms with van der Waals surface area (Å²) in [7, 11) is 2.06. The van der Waals surface area contributed by atoms with E-state index in [4.69, 9.17) is 0 Å². The van der Waals surface area contributed by atoms with Crippen LogP contribution in [0, 0.1) is 0 Å². The zero-order chi connectivity index (χ0) is 11.9. The minimum Gasteiger partial charge on any atom is -0.330 e. The zero-order valence-electron chi connectivity index (χ0n) is 10.7. The van der Waals surface area contributed by atoms with E-state index in [0.29, 0.717) is 11.8 Å². The minimum atomic E-state index is 0.444. The van der Waals surface area contributed by atoms with Crippen LogP contribution in [0.25, 0.3) is 11.0 Å². The quantitative estimate of drug-likeness (QED) is 0.773. The minimum absolute atomic E-state index is 0.444. The van der Waals surface area contributed by atoms with Crippen LogP contribution in [0.5, 0.6) is 0 Å². The first-order valence-electron chi connectivity index (χ1n) is 5.83. The van der Waals surface area contributed by atoms with Gasteiger partial charge in [0.1, 0.15) is 5.82 Å². The average Bonchev–Trinajstić information content (AvgIpc) is 2.55. The van der Waals surface area contributed by atoms with E-state index in [1.54, 1.807) is 0 Å². The number of imidazole rings is 1. The molecule has 2 aromatic rings. The normalized spacial score (nSPS) is 11.9. The van der Waals surface area contributed by atoms with Gasteiger partial charge in [-0.3, -0.25) is 4.98 Å². The van der Waals surface area contributed by atoms with Crippen molar-refractivity contribution >= 4 is 11.0 Å². The molecule has 0 amide bonds. The summed E-state index contributed by atoms with van der Waals surface area (Å²) in [6.45, 7) is 8.64. The maximum Gasteiger partial charge on any atom is 0.112 e. The van der Waals surface area contributed by atoms with Gasteiger partial charge >= 0.3 is 0 Å². The molecule has 2 aromatic heterocycles. The van der Waals surface area contributed by atoms with Crippen molar-refractivity contribution in [3.63, 3.8) is 0 Å². The van der Waals surface area contributed by atoms with Crippen molar-refractivity contribution in [2.24, 2.45) is 7.05 Å². The Kier molecular flexibility index (Phi) is 2.70. The second kappa shape index (κ2) is 3.89. The van der Waals surface area contributed by atoms with Crippen LogP contribution in [-0.2, 0) is 7.05 Å². The van der Waals surface area contributed by atoms with Crippen LogP contribution in [0.1, 0.15) is 51.0 Å². The van der Waals surface area contributed by atoms with Crippen LogP contribution < -0.4 is 0 Å². The Morgan fingerprint density at radius 1 is 1.12 bits per heavy atom. The lowest BCUT2D eigenvalue weighted by atomic mass is 10.1. The summed E-state index contributed by atoms with van der Waals surface area (Å²) in [4.78, 5) is 9.16. The molecule has 3 nitrogen and oxygen atoms in total. The van der Waals surface area contributed by atoms with Gasteiger partial charge in [-0.05, 0) is 12.0 Å². The van der Waals surface area contributed by atoms with E-state index in [0.717, 1.165) is 22.6 Å². The molecule has 2 rings (SSSR count). The van der Waals surface area contributed by atoms with Crippen molar-refractivity contribution in [1.82, 2.24) is 14.5 Å². The van der Waals surface area contributed by atoms with Gasteiger partial charge in [-0.25, -0.2) is 4.98 Å². The Morgan fingerprint density at radius 3 is 2.38 bits per heavy atom. The molecule has 0 aliphatic heterocycles. The molecule has 0 fully saturated rings. The van der Waals surface area contributed by atoms with E-state index in [1.807, 2.05) is 6.20 Å². The highest BCUT2D eigenvalue weighted by Crippen LogP contribution is 2.22. The molecule has 0 spiro atoms. The number of hydrogen-bond acceptors (Lipinski definition) is 2. The summed E-state index contributed by atoms with van der Waals surface area (Å²) < 4.78 is 2.14. The van der Waals surface area contributed by atoms with E-state index in [1.165, 1.54) is 0 Å². The first kappa shape index (κ1) is 11.1. The van der Waals surface area contributed by atoms with Crippen molar-refractivity contribution in [3.8, 4) is 0 Å². The maximum atomic E-state index is 4.68. The molecule has 2 heterocycles. The fourth-order valence-electron chi connectivity index (χ4n) is 1.96. The Bertz CT molecular complexity index is 509. The van der Waals surface area contributed by atoms with Crippen molar-refractivity contribution in [2.45, 2.75) is 39.5 Å². The second-order valence-electron chi connectivity index (χ2n) is 4.94. The SMILES string of the molecule is CC(C)c1cc2nc(C(C)C)n(C)c2cn1. The molecule has 86 valence electrons. The van der Waals surface area contributed by atoms with Crippen LogP contribution in [0.2, 0.25) is 0 Å². The molecule has 0 saturated heterocycles. The van der Waals surface area contributed by atoms with Gasteiger partial charge < -0.3 is 4.57 Å². The second-order valence-corrected chi connectivity index (χ2v) is 4.94. The van der Waals surface area contributed by atoms with Crippen LogP contribution >= 0.6 is 0 Å². The Labute approximate surface area is 96.5 Å². The van der Waals surface area contributed by atoms with E-state index < -0.39 is 0 Å². The number of rotatable bonds is 2. The topological polar surface area (TPSA) is 30.7 Å². The molecule has 0 aliphatic rings. The van der Waals surface area contributed by atoms with Gasteiger partial charge in [0.15, 0.2) is 0 Å². The monoisotopic (exact) mass is 217 g/mol. The Morgan fingerprint density at radius 2 is 1.81 bits per heavy atom. The number of hydrogen-bond donors (Lipinski definition) is 0. The lowest BCUT2D eigenvalue weighted by Gasteiger charge is -2.05. The Hall–Kier alpha value is -1.38. The largest absolute Gasteiger partial charge is 0.330 e. The van der Waals surface area contributed by atoms with E-state index in [-0.39, 0.29) is 0 Å². The van der Waals surface area contributed by atoms with Crippen LogP contribution in [-0.4, -0.2) is 14.5 Å². The lowest BCUT2D eigenvalue weighted by Crippen LogP contribution is -1.99. The summed E-state index contributed by atoms with van der Waals surface area (Å²) in [5.41, 5.74) is 3.29. The number of pyridine rings is 1. The van der Waals surface area contributed by atoms with Crippen LogP contribution in [0.4, 0.5) is 0 Å². The zero-order valence-corrected chi connectivity index (χ0v) is 10.7. The van der Waals surface area contributed by atoms with Crippen molar-refractivity contribution in [3.05, 3.63) is 23.8 Å². The van der Waals surface area contributed by atoms with E-state index in [9.17, 15) is 0 Å². The Balaban J connectivity index is 2.63. The summed E-state index contributed by atoms with van der Waals surface area (Å²) >= 11 is 0. The number of aromatic nitrogens is 3. The molecule has 0 aliphatic carbocycles. The molecule has 0 radical (unpaired) electrons. The van der Waals surface area contributed by atoms with Gasteiger partial charge in [0, 0.05) is 18.7 Å². The fraction of sp³-hybridized carbons (Fsp3) is 0.538. The van der Waals surface area contributed by atoms with Crippen molar-refractivity contribution in [2.75, 3.05) is 0 Å². The highest BCUT2D eigenvalue weighted by atomic mass is 15.1. The summed E-state index contributed by atoms with van der Waals surface area (Å²) in [6, 6.07) is 2.10. The van der Waals surface area contributed by atoms with E-state index >= 15 is 0 Å². The molecular weight excluding hydrogens is 198 g/mol. The van der Waals surface area contributed by atoms with Crippen LogP contribution in [0.3, 0.4) is 0 Å². The van der Waals surface area contributed by atoms with Gasteiger partial charge in [-0.15, -0.1) is 0 Å². The molecule has 0 saturated carbocycles. The standard InChI is InChI=1S/C13H19N3/c1-8(2)10-6-11-12(7-14-10)16(5)13(15-11)9(3)4/h6-9H,1-5H3. The van der Waals surface area contributed by atoms with Gasteiger partial charge in [0.2, 0.25) is 0 Å². The van der Waals surface area contributed by atoms with Crippen molar-refractivity contribution in [1.29, 1.82) is 0 Å². The van der Waals surface area contributed by atoms with E-state index in [2.05, 4.69) is 55.3 Å². The van der Waals surface area contributed by atoms with Gasteiger partial charge in [0.05, 0.1) is 17.2 Å². The van der Waals surface area contributed by atoms with Gasteiger partial charge in [0.25, 0.3) is 0 Å². The third-order valence-electron chi connectivity index (χ3n) is 2.93. The number of fused-ring (bicyclic) bond motifs is 1. The predicted molar refractivity (Wildman–Crippen MR) is 66.7 cm³/mol. The molecule has 0 aromatic carbocycles. The highest BCUT2D eigenvalue weighted by Gasteiger charge is 2.12. The molecule has 0 atom stereocenters. The summed E-state index contributed by atoms with van der Waals surface area (Å²) in [5, 5.41) is 0. The summed E-state index contributed by atoms with van der Waals surface area (Å²) in [5.74, 6) is 2.02. The third-order valence-corrected chi connectivity index (χ3v) is 2.93. The predicted octanol–water partition coefficient (Wildman–Crippen LogP) is 3.22. The molecular formula is C13H19N3. The maximum absolute atomic E-state index is 4.68. The molecule has 0 N–H and O–H groups in total. The molecule has 0 bridgehead atoms. The molecule has 0 unspecified atom stereocenters. The fourth-order valence-corrected chi connectivity index (χ4v) is 1.96. The average molecular weight is 217 g/mol. The molecule has 16 heavy (non-hydrogen) atoms. The first-order chi connectivity index (χ1) is 7.50. The third kappa shape index (κ3) is 1.70. The van der Waals surface area contributed by atoms with Crippen molar-refractivity contribution < 1.29 is 0 Å². The van der Waals surface area contributed by atoms with Gasteiger partial charge in [-0.1, -0.05) is 27.7 Å². The highest BCUT2D eigenvalue weighted by molar-refractivity contribution is 5.75. The number of aryl methyl sites for hydroxylation is 1.